The van der Waals surface area contributed by atoms with E-state index >= 15 is 0 Å². The average Bonchev–Trinajstić information content (AvgIpc) is 3.30. The second-order valence-electron chi connectivity index (χ2n) is 5.81. The fourth-order valence-electron chi connectivity index (χ4n) is 2.89. The van der Waals surface area contributed by atoms with Gasteiger partial charge in [-0.1, -0.05) is 47.6 Å². The maximum Gasteiger partial charge on any atom is 0.201 e. The zero-order valence-electron chi connectivity index (χ0n) is 13.2. The predicted molar refractivity (Wildman–Crippen MR) is 91.9 cm³/mol. The van der Waals surface area contributed by atoms with E-state index in [2.05, 4.69) is 15.1 Å². The molecule has 1 aliphatic heterocycles. The zero-order chi connectivity index (χ0) is 17.2. The number of ketones is 1. The molecule has 0 amide bonds. The molecule has 1 aromatic heterocycles. The molecule has 25 heavy (non-hydrogen) atoms. The Morgan fingerprint density at radius 1 is 1.20 bits per heavy atom. The number of aromatic amines is 1. The fourth-order valence-corrected chi connectivity index (χ4v) is 2.89. The molecular weight excluding hydrogens is 316 g/mol. The Balaban J connectivity index is 1.55. The zero-order valence-corrected chi connectivity index (χ0v) is 13.2. The molecule has 2 aromatic carbocycles. The predicted octanol–water partition coefficient (Wildman–Crippen LogP) is 2.93. The summed E-state index contributed by atoms with van der Waals surface area (Å²) in [4.78, 5) is 25.5. The number of benzene rings is 2. The SMILES string of the molecule is N#C[C@@H](C(=O)[C@H]1CC(c2ccccc2)=NO1)c1nc2ccccc2[nH]1. The highest BCUT2D eigenvalue weighted by Crippen LogP contribution is 2.24. The van der Waals surface area contributed by atoms with Crippen molar-refractivity contribution in [1.29, 1.82) is 5.26 Å². The van der Waals surface area contributed by atoms with Crippen LogP contribution in [-0.2, 0) is 9.63 Å². The van der Waals surface area contributed by atoms with E-state index in [-0.39, 0.29) is 5.78 Å². The van der Waals surface area contributed by atoms with Crippen molar-refractivity contribution in [2.75, 3.05) is 0 Å². The lowest BCUT2D eigenvalue weighted by Gasteiger charge is -2.10. The topological polar surface area (TPSA) is 91.1 Å². The molecule has 122 valence electrons. The third-order valence-corrected chi connectivity index (χ3v) is 4.19. The van der Waals surface area contributed by atoms with Gasteiger partial charge in [0.1, 0.15) is 5.82 Å². The number of nitrogens with zero attached hydrogens (tertiary/aromatic N) is 3. The van der Waals surface area contributed by atoms with Crippen LogP contribution in [0.5, 0.6) is 0 Å². The monoisotopic (exact) mass is 330 g/mol. The summed E-state index contributed by atoms with van der Waals surface area (Å²) in [5.74, 6) is -1.01. The Kier molecular flexibility index (Phi) is 3.75. The third-order valence-electron chi connectivity index (χ3n) is 4.19. The van der Waals surface area contributed by atoms with E-state index in [0.717, 1.165) is 16.6 Å². The van der Waals surface area contributed by atoms with E-state index in [0.29, 0.717) is 18.0 Å². The lowest BCUT2D eigenvalue weighted by molar-refractivity contribution is -0.129. The molecule has 0 fully saturated rings. The summed E-state index contributed by atoms with van der Waals surface area (Å²) in [6.07, 6.45) is -0.422. The van der Waals surface area contributed by atoms with Gasteiger partial charge < -0.3 is 9.82 Å². The van der Waals surface area contributed by atoms with E-state index in [1.165, 1.54) is 0 Å². The van der Waals surface area contributed by atoms with Gasteiger partial charge in [0.25, 0.3) is 0 Å². The molecule has 0 saturated heterocycles. The van der Waals surface area contributed by atoms with Crippen molar-refractivity contribution in [3.63, 3.8) is 0 Å². The Hall–Kier alpha value is -3.46. The Morgan fingerprint density at radius 3 is 2.72 bits per heavy atom. The first-order valence-electron chi connectivity index (χ1n) is 7.92. The molecule has 2 heterocycles. The first-order chi connectivity index (χ1) is 12.3. The number of para-hydroxylation sites is 2. The number of aromatic nitrogens is 2. The molecule has 6 heteroatoms. The number of H-pyrrole nitrogens is 1. The minimum Gasteiger partial charge on any atom is -0.384 e. The summed E-state index contributed by atoms with van der Waals surface area (Å²) in [6, 6.07) is 19.0. The number of imidazole rings is 1. The molecule has 0 radical (unpaired) electrons. The van der Waals surface area contributed by atoms with Crippen LogP contribution in [-0.4, -0.2) is 27.6 Å². The normalized spacial score (nSPS) is 17.6. The molecule has 0 saturated carbocycles. The molecule has 3 aromatic rings. The highest BCUT2D eigenvalue weighted by Gasteiger charge is 2.36. The van der Waals surface area contributed by atoms with Crippen LogP contribution in [0.2, 0.25) is 0 Å². The Labute approximate surface area is 143 Å². The number of hydrogen-bond donors (Lipinski definition) is 1. The molecule has 1 aliphatic rings. The Bertz CT molecular complexity index is 968. The van der Waals surface area contributed by atoms with Crippen molar-refractivity contribution >= 4 is 22.5 Å². The summed E-state index contributed by atoms with van der Waals surface area (Å²) in [7, 11) is 0. The molecule has 4 rings (SSSR count). The standard InChI is InChI=1S/C19H14N4O2/c20-11-13(19-21-14-8-4-5-9-15(14)22-19)18(24)17-10-16(23-25-17)12-6-2-1-3-7-12/h1-9,13,17H,10H2,(H,21,22)/t13-,17+/m0/s1. The van der Waals surface area contributed by atoms with Gasteiger partial charge in [0.2, 0.25) is 5.78 Å². The molecule has 0 bridgehead atoms. The van der Waals surface area contributed by atoms with E-state index in [1.807, 2.05) is 60.7 Å². The quantitative estimate of drug-likeness (QED) is 0.796. The van der Waals surface area contributed by atoms with E-state index in [9.17, 15) is 10.1 Å². The molecular formula is C19H14N4O2. The van der Waals surface area contributed by atoms with E-state index in [1.54, 1.807) is 0 Å². The summed E-state index contributed by atoms with van der Waals surface area (Å²) >= 11 is 0. The summed E-state index contributed by atoms with van der Waals surface area (Å²) in [5, 5.41) is 13.5. The number of Topliss-reactive ketones (excluding diaryl/α,β-unsaturated/α-hetero) is 1. The fraction of sp³-hybridized carbons (Fsp3) is 0.158. The summed E-state index contributed by atoms with van der Waals surface area (Å²) in [5.41, 5.74) is 3.13. The van der Waals surface area contributed by atoms with Gasteiger partial charge in [0, 0.05) is 6.42 Å². The largest absolute Gasteiger partial charge is 0.384 e. The van der Waals surface area contributed by atoms with Gasteiger partial charge in [0.15, 0.2) is 12.0 Å². The molecule has 6 nitrogen and oxygen atoms in total. The number of hydrogen-bond acceptors (Lipinski definition) is 5. The number of rotatable bonds is 4. The Morgan fingerprint density at radius 2 is 1.96 bits per heavy atom. The smallest absolute Gasteiger partial charge is 0.201 e. The number of oxime groups is 1. The van der Waals surface area contributed by atoms with Crippen molar-refractivity contribution in [2.24, 2.45) is 5.16 Å². The van der Waals surface area contributed by atoms with Crippen molar-refractivity contribution in [1.82, 2.24) is 9.97 Å². The van der Waals surface area contributed by atoms with Crippen LogP contribution in [0.1, 0.15) is 23.7 Å². The van der Waals surface area contributed by atoms with Crippen molar-refractivity contribution in [3.8, 4) is 6.07 Å². The van der Waals surface area contributed by atoms with Crippen LogP contribution < -0.4 is 0 Å². The number of fused-ring (bicyclic) bond motifs is 1. The molecule has 0 spiro atoms. The van der Waals surface area contributed by atoms with Crippen LogP contribution in [0.4, 0.5) is 0 Å². The average molecular weight is 330 g/mol. The third kappa shape index (κ3) is 2.76. The number of nitriles is 1. The lowest BCUT2D eigenvalue weighted by atomic mass is 9.95. The van der Waals surface area contributed by atoms with Crippen LogP contribution in [0, 0.1) is 11.3 Å². The number of nitrogens with one attached hydrogen (secondary N) is 1. The molecule has 0 unspecified atom stereocenters. The number of carbonyl (C=O) groups is 1. The van der Waals surface area contributed by atoms with Gasteiger partial charge in [0.05, 0.1) is 22.8 Å². The second-order valence-corrected chi connectivity index (χ2v) is 5.81. The van der Waals surface area contributed by atoms with Crippen molar-refractivity contribution in [2.45, 2.75) is 18.4 Å². The van der Waals surface area contributed by atoms with Crippen LogP contribution in [0.25, 0.3) is 11.0 Å². The number of carbonyl (C=O) groups excluding carboxylic acids is 1. The highest BCUT2D eigenvalue weighted by atomic mass is 16.6. The summed E-state index contributed by atoms with van der Waals surface area (Å²) in [6.45, 7) is 0. The maximum atomic E-state index is 12.7. The van der Waals surface area contributed by atoms with Gasteiger partial charge in [-0.25, -0.2) is 4.98 Å². The van der Waals surface area contributed by atoms with Crippen LogP contribution >= 0.6 is 0 Å². The first kappa shape index (κ1) is 15.1. The first-order valence-corrected chi connectivity index (χ1v) is 7.92. The van der Waals surface area contributed by atoms with Gasteiger partial charge in [-0.3, -0.25) is 4.79 Å². The van der Waals surface area contributed by atoms with E-state index in [4.69, 9.17) is 4.84 Å². The van der Waals surface area contributed by atoms with Crippen LogP contribution in [0.15, 0.2) is 59.8 Å². The minimum atomic E-state index is -1.01. The highest BCUT2D eigenvalue weighted by molar-refractivity contribution is 6.05. The maximum absolute atomic E-state index is 12.7. The van der Waals surface area contributed by atoms with Crippen molar-refractivity contribution in [3.05, 3.63) is 66.0 Å². The molecule has 1 N–H and O–H groups in total. The van der Waals surface area contributed by atoms with Gasteiger partial charge in [-0.05, 0) is 17.7 Å². The van der Waals surface area contributed by atoms with Gasteiger partial charge in [-0.2, -0.15) is 5.26 Å². The van der Waals surface area contributed by atoms with Crippen molar-refractivity contribution < 1.29 is 9.63 Å². The lowest BCUT2D eigenvalue weighted by Crippen LogP contribution is -2.27. The van der Waals surface area contributed by atoms with Gasteiger partial charge >= 0.3 is 0 Å². The van der Waals surface area contributed by atoms with Crippen LogP contribution in [0.3, 0.4) is 0 Å². The van der Waals surface area contributed by atoms with Gasteiger partial charge in [-0.15, -0.1) is 0 Å². The summed E-state index contributed by atoms with van der Waals surface area (Å²) < 4.78 is 0. The van der Waals surface area contributed by atoms with E-state index < -0.39 is 12.0 Å². The molecule has 0 aliphatic carbocycles. The minimum absolute atomic E-state index is 0.337. The second kappa shape index (κ2) is 6.21. The molecule has 2 atom stereocenters.